The van der Waals surface area contributed by atoms with E-state index in [0.717, 1.165) is 14.4 Å². The van der Waals surface area contributed by atoms with Crippen LogP contribution in [0, 0.1) is 6.92 Å². The molecule has 0 fully saturated rings. The zero-order valence-electron chi connectivity index (χ0n) is 8.86. The minimum absolute atomic E-state index is 0.0424. The molecule has 0 spiro atoms. The minimum atomic E-state index is 0.0424. The van der Waals surface area contributed by atoms with Crippen molar-refractivity contribution in [3.63, 3.8) is 0 Å². The van der Waals surface area contributed by atoms with E-state index in [0.29, 0.717) is 5.56 Å². The molecule has 0 atom stereocenters. The van der Waals surface area contributed by atoms with Crippen LogP contribution in [0.15, 0.2) is 32.9 Å². The number of amidine groups is 1. The Kier molecular flexibility index (Phi) is 3.55. The van der Waals surface area contributed by atoms with Gasteiger partial charge in [-0.15, -0.1) is 10.2 Å². The number of aryl methyl sites for hydroxylation is 1. The van der Waals surface area contributed by atoms with Gasteiger partial charge in [0.25, 0.3) is 0 Å². The molecule has 88 valence electrons. The SMILES string of the molecule is Cc1nnc(Sc2ccc(/C(N)=N/O)cn2)s1. The van der Waals surface area contributed by atoms with Crippen LogP contribution >= 0.6 is 23.1 Å². The van der Waals surface area contributed by atoms with E-state index in [1.54, 1.807) is 18.3 Å². The van der Waals surface area contributed by atoms with Crippen molar-refractivity contribution in [3.8, 4) is 0 Å². The first kappa shape index (κ1) is 11.8. The molecule has 0 aromatic carbocycles. The third-order valence-corrected chi connectivity index (χ3v) is 3.68. The summed E-state index contributed by atoms with van der Waals surface area (Å²) in [5.74, 6) is 0.0424. The average Bonchev–Trinajstić information content (AvgIpc) is 2.75. The summed E-state index contributed by atoms with van der Waals surface area (Å²) < 4.78 is 0.839. The van der Waals surface area contributed by atoms with E-state index in [1.807, 2.05) is 6.92 Å². The first-order valence-electron chi connectivity index (χ1n) is 4.61. The van der Waals surface area contributed by atoms with Crippen LogP contribution in [-0.4, -0.2) is 26.2 Å². The van der Waals surface area contributed by atoms with E-state index in [9.17, 15) is 0 Å². The molecule has 0 amide bonds. The van der Waals surface area contributed by atoms with Crippen LogP contribution in [0.3, 0.4) is 0 Å². The molecule has 0 unspecified atom stereocenters. The van der Waals surface area contributed by atoms with E-state index < -0.39 is 0 Å². The number of aromatic nitrogens is 3. The molecule has 0 aliphatic carbocycles. The van der Waals surface area contributed by atoms with Gasteiger partial charge in [-0.05, 0) is 30.8 Å². The van der Waals surface area contributed by atoms with Gasteiger partial charge in [0.2, 0.25) is 0 Å². The molecule has 0 saturated carbocycles. The second-order valence-electron chi connectivity index (χ2n) is 3.06. The lowest BCUT2D eigenvalue weighted by molar-refractivity contribution is 0.318. The molecule has 2 aromatic heterocycles. The first-order chi connectivity index (χ1) is 8.19. The topological polar surface area (TPSA) is 97.3 Å². The van der Waals surface area contributed by atoms with Crippen molar-refractivity contribution in [1.29, 1.82) is 0 Å². The normalized spacial score (nSPS) is 11.7. The number of oxime groups is 1. The van der Waals surface area contributed by atoms with E-state index in [1.165, 1.54) is 23.1 Å². The van der Waals surface area contributed by atoms with Gasteiger partial charge in [0, 0.05) is 11.8 Å². The highest BCUT2D eigenvalue weighted by molar-refractivity contribution is 8.01. The highest BCUT2D eigenvalue weighted by Crippen LogP contribution is 2.28. The predicted octanol–water partition coefficient (Wildman–Crippen LogP) is 1.49. The molecular weight excluding hydrogens is 258 g/mol. The molecule has 2 aromatic rings. The van der Waals surface area contributed by atoms with Crippen LogP contribution in [-0.2, 0) is 0 Å². The van der Waals surface area contributed by atoms with Gasteiger partial charge in [0.05, 0.1) is 0 Å². The van der Waals surface area contributed by atoms with Crippen LogP contribution < -0.4 is 5.73 Å². The Morgan fingerprint density at radius 2 is 2.29 bits per heavy atom. The molecule has 3 N–H and O–H groups in total. The minimum Gasteiger partial charge on any atom is -0.409 e. The zero-order valence-corrected chi connectivity index (χ0v) is 10.5. The second-order valence-corrected chi connectivity index (χ2v) is 5.51. The number of pyridine rings is 1. The van der Waals surface area contributed by atoms with Crippen molar-refractivity contribution in [3.05, 3.63) is 28.9 Å². The van der Waals surface area contributed by atoms with Gasteiger partial charge in [-0.1, -0.05) is 16.5 Å². The van der Waals surface area contributed by atoms with E-state index in [-0.39, 0.29) is 5.84 Å². The Labute approximate surface area is 106 Å². The number of hydrogen-bond acceptors (Lipinski definition) is 7. The van der Waals surface area contributed by atoms with Gasteiger partial charge in [-0.3, -0.25) is 0 Å². The molecule has 8 heteroatoms. The van der Waals surface area contributed by atoms with Crippen LogP contribution in [0.1, 0.15) is 10.6 Å². The van der Waals surface area contributed by atoms with E-state index in [2.05, 4.69) is 20.3 Å². The molecule has 6 nitrogen and oxygen atoms in total. The maximum Gasteiger partial charge on any atom is 0.180 e. The quantitative estimate of drug-likeness (QED) is 0.378. The Balaban J connectivity index is 2.13. The van der Waals surface area contributed by atoms with Crippen molar-refractivity contribution in [2.75, 3.05) is 0 Å². The zero-order chi connectivity index (χ0) is 12.3. The highest BCUT2D eigenvalue weighted by Gasteiger charge is 2.05. The van der Waals surface area contributed by atoms with Crippen molar-refractivity contribution < 1.29 is 5.21 Å². The molecule has 0 aliphatic rings. The first-order valence-corrected chi connectivity index (χ1v) is 6.24. The van der Waals surface area contributed by atoms with E-state index >= 15 is 0 Å². The van der Waals surface area contributed by atoms with Gasteiger partial charge in [0.15, 0.2) is 10.2 Å². The summed E-state index contributed by atoms with van der Waals surface area (Å²) >= 11 is 2.94. The molecule has 2 rings (SSSR count). The molecule has 17 heavy (non-hydrogen) atoms. The van der Waals surface area contributed by atoms with Crippen molar-refractivity contribution in [2.45, 2.75) is 16.3 Å². The van der Waals surface area contributed by atoms with Gasteiger partial charge < -0.3 is 10.9 Å². The summed E-state index contributed by atoms with van der Waals surface area (Å²) in [6.45, 7) is 1.90. The average molecular weight is 267 g/mol. The molecule has 0 saturated heterocycles. The Hall–Kier alpha value is -1.67. The Bertz CT molecular complexity index is 537. The number of rotatable bonds is 3. The maximum atomic E-state index is 8.51. The number of hydrogen-bond donors (Lipinski definition) is 2. The smallest absolute Gasteiger partial charge is 0.180 e. The largest absolute Gasteiger partial charge is 0.409 e. The maximum absolute atomic E-state index is 8.51. The summed E-state index contributed by atoms with van der Waals surface area (Å²) in [6, 6.07) is 3.52. The summed E-state index contributed by atoms with van der Waals surface area (Å²) in [4.78, 5) is 4.18. The van der Waals surface area contributed by atoms with Crippen molar-refractivity contribution >= 4 is 28.9 Å². The fourth-order valence-electron chi connectivity index (χ4n) is 1.06. The van der Waals surface area contributed by atoms with Crippen molar-refractivity contribution in [1.82, 2.24) is 15.2 Å². The summed E-state index contributed by atoms with van der Waals surface area (Å²) in [6.07, 6.45) is 1.55. The van der Waals surface area contributed by atoms with Crippen LogP contribution in [0.2, 0.25) is 0 Å². The standard InChI is InChI=1S/C9H9N5OS2/c1-5-12-13-9(16-5)17-7-3-2-6(4-11-7)8(10)14-15/h2-4,15H,1H3,(H2,10,14). The lowest BCUT2D eigenvalue weighted by Gasteiger charge is -1.99. The van der Waals surface area contributed by atoms with Gasteiger partial charge >= 0.3 is 0 Å². The van der Waals surface area contributed by atoms with Crippen LogP contribution in [0.5, 0.6) is 0 Å². The lowest BCUT2D eigenvalue weighted by atomic mass is 10.3. The summed E-state index contributed by atoms with van der Waals surface area (Å²) in [7, 11) is 0. The predicted molar refractivity (Wildman–Crippen MR) is 65.5 cm³/mol. The Morgan fingerprint density at radius 1 is 1.47 bits per heavy atom. The van der Waals surface area contributed by atoms with Gasteiger partial charge in [-0.25, -0.2) is 4.98 Å². The highest BCUT2D eigenvalue weighted by atomic mass is 32.2. The lowest BCUT2D eigenvalue weighted by Crippen LogP contribution is -2.13. The molecule has 0 bridgehead atoms. The fraction of sp³-hybridized carbons (Fsp3) is 0.111. The molecule has 0 radical (unpaired) electrons. The monoisotopic (exact) mass is 267 g/mol. The number of nitrogens with two attached hydrogens (primary N) is 1. The molecule has 0 aliphatic heterocycles. The van der Waals surface area contributed by atoms with Gasteiger partial charge in [0.1, 0.15) is 10.0 Å². The number of nitrogens with zero attached hydrogens (tertiary/aromatic N) is 4. The summed E-state index contributed by atoms with van der Waals surface area (Å²) in [5.41, 5.74) is 6.01. The molecule has 2 heterocycles. The van der Waals surface area contributed by atoms with Gasteiger partial charge in [-0.2, -0.15) is 0 Å². The third kappa shape index (κ3) is 2.92. The second kappa shape index (κ2) is 5.11. The summed E-state index contributed by atoms with van der Waals surface area (Å²) in [5, 5.41) is 21.0. The van der Waals surface area contributed by atoms with E-state index in [4.69, 9.17) is 10.9 Å². The van der Waals surface area contributed by atoms with Crippen LogP contribution in [0.4, 0.5) is 0 Å². The van der Waals surface area contributed by atoms with Crippen molar-refractivity contribution in [2.24, 2.45) is 10.9 Å². The fourth-order valence-corrected chi connectivity index (χ4v) is 2.76. The van der Waals surface area contributed by atoms with Crippen LogP contribution in [0.25, 0.3) is 0 Å². The third-order valence-electron chi connectivity index (χ3n) is 1.84. The molecular formula is C9H9N5OS2. The Morgan fingerprint density at radius 3 is 2.82 bits per heavy atom.